The summed E-state index contributed by atoms with van der Waals surface area (Å²) in [6, 6.07) is 7.46. The van der Waals surface area contributed by atoms with Gasteiger partial charge in [0.05, 0.1) is 13.2 Å². The fraction of sp³-hybridized carbons (Fsp3) is 0.500. The van der Waals surface area contributed by atoms with Gasteiger partial charge in [-0.2, -0.15) is 0 Å². The lowest BCUT2D eigenvalue weighted by Gasteiger charge is -2.27. The van der Waals surface area contributed by atoms with Crippen molar-refractivity contribution in [3.63, 3.8) is 0 Å². The molecule has 18 heavy (non-hydrogen) atoms. The van der Waals surface area contributed by atoms with E-state index in [4.69, 9.17) is 10.5 Å². The Morgan fingerprint density at radius 2 is 2.00 bits per heavy atom. The van der Waals surface area contributed by atoms with Crippen LogP contribution in [0.15, 0.2) is 24.3 Å². The number of benzene rings is 1. The molecule has 0 aliphatic carbocycles. The van der Waals surface area contributed by atoms with E-state index >= 15 is 0 Å². The molecule has 0 saturated carbocycles. The topological polar surface area (TPSA) is 55.6 Å². The Balaban J connectivity index is 2.75. The molecule has 2 unspecified atom stereocenters. The molecule has 1 amide bonds. The molecule has 0 radical (unpaired) electrons. The van der Waals surface area contributed by atoms with Gasteiger partial charge in [0.15, 0.2) is 0 Å². The summed E-state index contributed by atoms with van der Waals surface area (Å²) >= 11 is 0. The van der Waals surface area contributed by atoms with Crippen molar-refractivity contribution in [3.8, 4) is 5.75 Å². The van der Waals surface area contributed by atoms with Gasteiger partial charge in [-0.1, -0.05) is 18.2 Å². The van der Waals surface area contributed by atoms with E-state index < -0.39 is 6.04 Å². The molecule has 4 heteroatoms. The van der Waals surface area contributed by atoms with Crippen molar-refractivity contribution in [3.05, 3.63) is 29.8 Å². The fourth-order valence-corrected chi connectivity index (χ4v) is 1.87. The summed E-state index contributed by atoms with van der Waals surface area (Å²) in [5.41, 5.74) is 6.70. The minimum atomic E-state index is -0.463. The SMILES string of the molecule is COc1ccccc1CC(C)N(C)C(=O)C(C)N. The van der Waals surface area contributed by atoms with Crippen LogP contribution in [0, 0.1) is 0 Å². The number of para-hydroxylation sites is 1. The third-order valence-corrected chi connectivity index (χ3v) is 3.11. The first-order valence-electron chi connectivity index (χ1n) is 6.11. The van der Waals surface area contributed by atoms with E-state index in [9.17, 15) is 4.79 Å². The Kier molecular flexibility index (Phi) is 5.16. The van der Waals surface area contributed by atoms with Crippen LogP contribution in [0.2, 0.25) is 0 Å². The minimum absolute atomic E-state index is 0.0441. The van der Waals surface area contributed by atoms with Crippen LogP contribution in [0.3, 0.4) is 0 Å². The third-order valence-electron chi connectivity index (χ3n) is 3.11. The summed E-state index contributed by atoms with van der Waals surface area (Å²) in [5.74, 6) is 0.809. The van der Waals surface area contributed by atoms with Crippen LogP contribution >= 0.6 is 0 Å². The highest BCUT2D eigenvalue weighted by atomic mass is 16.5. The Bertz CT molecular complexity index is 405. The van der Waals surface area contributed by atoms with Gasteiger partial charge >= 0.3 is 0 Å². The van der Waals surface area contributed by atoms with Crippen LogP contribution in [0.5, 0.6) is 5.75 Å². The van der Waals surface area contributed by atoms with Crippen LogP contribution in [-0.4, -0.2) is 37.0 Å². The molecule has 2 atom stereocenters. The number of amides is 1. The van der Waals surface area contributed by atoms with E-state index in [0.29, 0.717) is 0 Å². The summed E-state index contributed by atoms with van der Waals surface area (Å²) in [6.45, 7) is 3.71. The van der Waals surface area contributed by atoms with E-state index in [1.54, 1.807) is 26.0 Å². The van der Waals surface area contributed by atoms with Crippen LogP contribution in [0.25, 0.3) is 0 Å². The maximum Gasteiger partial charge on any atom is 0.239 e. The number of carbonyl (C=O) groups is 1. The van der Waals surface area contributed by atoms with Crippen LogP contribution < -0.4 is 10.5 Å². The Labute approximate surface area is 109 Å². The van der Waals surface area contributed by atoms with Crippen LogP contribution in [-0.2, 0) is 11.2 Å². The van der Waals surface area contributed by atoms with E-state index in [1.807, 2.05) is 31.2 Å². The Morgan fingerprint density at radius 1 is 1.39 bits per heavy atom. The summed E-state index contributed by atoms with van der Waals surface area (Å²) in [5, 5.41) is 0. The van der Waals surface area contributed by atoms with Crippen molar-refractivity contribution in [2.24, 2.45) is 5.73 Å². The van der Waals surface area contributed by atoms with Gasteiger partial charge in [0.25, 0.3) is 0 Å². The Hall–Kier alpha value is -1.55. The smallest absolute Gasteiger partial charge is 0.239 e. The normalized spacial score (nSPS) is 13.8. The molecule has 0 aliphatic heterocycles. The predicted molar refractivity (Wildman–Crippen MR) is 72.6 cm³/mol. The highest BCUT2D eigenvalue weighted by molar-refractivity contribution is 5.81. The van der Waals surface area contributed by atoms with Gasteiger partial charge in [0.2, 0.25) is 5.91 Å². The first-order chi connectivity index (χ1) is 8.47. The molecule has 4 nitrogen and oxygen atoms in total. The van der Waals surface area contributed by atoms with Crippen LogP contribution in [0.1, 0.15) is 19.4 Å². The largest absolute Gasteiger partial charge is 0.496 e. The van der Waals surface area contributed by atoms with Gasteiger partial charge in [0, 0.05) is 13.1 Å². The number of methoxy groups -OCH3 is 1. The summed E-state index contributed by atoms with van der Waals surface area (Å²) < 4.78 is 5.31. The molecule has 0 heterocycles. The molecule has 1 rings (SSSR count). The first-order valence-corrected chi connectivity index (χ1v) is 6.11. The average molecular weight is 250 g/mol. The number of hydrogen-bond acceptors (Lipinski definition) is 3. The van der Waals surface area contributed by atoms with Crippen molar-refractivity contribution in [2.75, 3.05) is 14.2 Å². The van der Waals surface area contributed by atoms with Gasteiger partial charge in [-0.15, -0.1) is 0 Å². The van der Waals surface area contributed by atoms with E-state index in [1.165, 1.54) is 0 Å². The molecular formula is C14H22N2O2. The Morgan fingerprint density at radius 3 is 2.56 bits per heavy atom. The van der Waals surface area contributed by atoms with Crippen molar-refractivity contribution in [1.29, 1.82) is 0 Å². The highest BCUT2D eigenvalue weighted by Crippen LogP contribution is 2.20. The lowest BCUT2D eigenvalue weighted by atomic mass is 10.0. The summed E-state index contributed by atoms with van der Waals surface area (Å²) in [6.07, 6.45) is 0.749. The lowest BCUT2D eigenvalue weighted by molar-refractivity contribution is -0.132. The number of likely N-dealkylation sites (N-methyl/N-ethyl adjacent to an activating group) is 1. The van der Waals surface area contributed by atoms with Crippen molar-refractivity contribution >= 4 is 5.91 Å². The van der Waals surface area contributed by atoms with Crippen molar-refractivity contribution < 1.29 is 9.53 Å². The van der Waals surface area contributed by atoms with Crippen LogP contribution in [0.4, 0.5) is 0 Å². The zero-order chi connectivity index (χ0) is 13.7. The maximum atomic E-state index is 11.8. The first kappa shape index (κ1) is 14.5. The summed E-state index contributed by atoms with van der Waals surface area (Å²) in [7, 11) is 3.44. The second-order valence-corrected chi connectivity index (χ2v) is 4.60. The molecule has 0 saturated heterocycles. The molecule has 1 aromatic rings. The molecule has 0 aliphatic rings. The third kappa shape index (κ3) is 3.47. The average Bonchev–Trinajstić information content (AvgIpc) is 2.37. The molecule has 100 valence electrons. The quantitative estimate of drug-likeness (QED) is 0.860. The van der Waals surface area contributed by atoms with E-state index in [-0.39, 0.29) is 11.9 Å². The van der Waals surface area contributed by atoms with Gasteiger partial charge in [0.1, 0.15) is 5.75 Å². The molecule has 1 aromatic carbocycles. The predicted octanol–water partition coefficient (Wildman–Crippen LogP) is 1.43. The van der Waals surface area contributed by atoms with Gasteiger partial charge in [-0.3, -0.25) is 4.79 Å². The molecule has 0 aromatic heterocycles. The minimum Gasteiger partial charge on any atom is -0.496 e. The van der Waals surface area contributed by atoms with Gasteiger partial charge in [-0.25, -0.2) is 0 Å². The second kappa shape index (κ2) is 6.40. The fourth-order valence-electron chi connectivity index (χ4n) is 1.87. The molecular weight excluding hydrogens is 228 g/mol. The van der Waals surface area contributed by atoms with Gasteiger partial charge in [-0.05, 0) is 31.9 Å². The molecule has 0 bridgehead atoms. The number of hydrogen-bond donors (Lipinski definition) is 1. The van der Waals surface area contributed by atoms with E-state index in [2.05, 4.69) is 0 Å². The lowest BCUT2D eigenvalue weighted by Crippen LogP contribution is -2.44. The molecule has 0 fully saturated rings. The number of rotatable bonds is 5. The number of ether oxygens (including phenoxy) is 1. The summed E-state index contributed by atoms with van der Waals surface area (Å²) in [4.78, 5) is 13.5. The number of nitrogens with two attached hydrogens (primary N) is 1. The zero-order valence-electron chi connectivity index (χ0n) is 11.5. The second-order valence-electron chi connectivity index (χ2n) is 4.60. The maximum absolute atomic E-state index is 11.8. The van der Waals surface area contributed by atoms with Crippen molar-refractivity contribution in [2.45, 2.75) is 32.4 Å². The highest BCUT2D eigenvalue weighted by Gasteiger charge is 2.19. The zero-order valence-corrected chi connectivity index (χ0v) is 11.5. The standard InChI is InChI=1S/C14H22N2O2/c1-10(16(3)14(17)11(2)15)9-12-7-5-6-8-13(12)18-4/h5-8,10-11H,9,15H2,1-4H3. The molecule has 0 spiro atoms. The number of nitrogens with zero attached hydrogens (tertiary/aromatic N) is 1. The van der Waals surface area contributed by atoms with Crippen molar-refractivity contribution in [1.82, 2.24) is 4.90 Å². The molecule has 2 N–H and O–H groups in total. The van der Waals surface area contributed by atoms with Gasteiger partial charge < -0.3 is 15.4 Å². The number of carbonyl (C=O) groups excluding carboxylic acids is 1. The van der Waals surface area contributed by atoms with E-state index in [0.717, 1.165) is 17.7 Å². The monoisotopic (exact) mass is 250 g/mol.